The highest BCUT2D eigenvalue weighted by Crippen LogP contribution is 2.28. The molecule has 0 bridgehead atoms. The van der Waals surface area contributed by atoms with Crippen LogP contribution in [0.5, 0.6) is 5.75 Å². The molecule has 4 N–H and O–H groups in total. The summed E-state index contributed by atoms with van der Waals surface area (Å²) in [5.74, 6) is -2.67. The molecule has 3 unspecified atom stereocenters. The number of hydrogen-bond acceptors (Lipinski definition) is 10. The van der Waals surface area contributed by atoms with Crippen molar-refractivity contribution >= 4 is 29.7 Å². The summed E-state index contributed by atoms with van der Waals surface area (Å²) in [6.45, 7) is 2.59. The van der Waals surface area contributed by atoms with Crippen LogP contribution in [0.15, 0.2) is 30.4 Å². The number of aliphatic carboxylic acids is 1. The molecule has 3 amide bonds. The van der Waals surface area contributed by atoms with Crippen LogP contribution < -0.4 is 10.5 Å². The maximum absolute atomic E-state index is 13.1. The molecule has 0 saturated carbocycles. The van der Waals surface area contributed by atoms with Crippen molar-refractivity contribution in [1.29, 1.82) is 0 Å². The van der Waals surface area contributed by atoms with E-state index in [4.69, 9.17) is 14.2 Å². The second-order valence-corrected chi connectivity index (χ2v) is 11.8. The Hall–Kier alpha value is -3.85. The van der Waals surface area contributed by atoms with E-state index in [1.807, 2.05) is 6.07 Å². The Balaban J connectivity index is 0.00000345. The van der Waals surface area contributed by atoms with Crippen LogP contribution in [-0.2, 0) is 46.5 Å². The van der Waals surface area contributed by atoms with Gasteiger partial charge in [0.05, 0.1) is 33.8 Å². The predicted octanol–water partition coefficient (Wildman–Crippen LogP) is 0.437. The van der Waals surface area contributed by atoms with Crippen molar-refractivity contribution < 1.29 is 52.9 Å². The number of aliphatic hydroxyl groups excluding tert-OH is 1. The van der Waals surface area contributed by atoms with E-state index in [0.29, 0.717) is 37.2 Å². The average Bonchev–Trinajstić information content (AvgIpc) is 3.28. The molecule has 2 heterocycles. The Labute approximate surface area is 263 Å². The van der Waals surface area contributed by atoms with E-state index in [9.17, 15) is 34.2 Å². The van der Waals surface area contributed by atoms with E-state index in [-0.39, 0.29) is 31.9 Å². The number of imide groups is 1. The third-order valence-corrected chi connectivity index (χ3v) is 7.06. The van der Waals surface area contributed by atoms with Crippen molar-refractivity contribution in [3.8, 4) is 5.75 Å². The number of amides is 3. The molecule has 0 aliphatic carbocycles. The lowest BCUT2D eigenvalue weighted by Crippen LogP contribution is -2.44. The summed E-state index contributed by atoms with van der Waals surface area (Å²) >= 11 is 0. The number of carboxylic acid groups (broad SMARTS) is 1. The van der Waals surface area contributed by atoms with Crippen LogP contribution in [0.3, 0.4) is 0 Å². The van der Waals surface area contributed by atoms with Gasteiger partial charge in [-0.05, 0) is 31.5 Å². The second-order valence-electron chi connectivity index (χ2n) is 11.8. The van der Waals surface area contributed by atoms with Crippen LogP contribution in [0.25, 0.3) is 0 Å². The van der Waals surface area contributed by atoms with Gasteiger partial charge in [0, 0.05) is 57.0 Å². The fourth-order valence-corrected chi connectivity index (χ4v) is 4.79. The number of aryl methyl sites for hydroxylation is 1. The summed E-state index contributed by atoms with van der Waals surface area (Å²) in [4.78, 5) is 62.6. The number of carboxylic acids is 1. The van der Waals surface area contributed by atoms with Gasteiger partial charge in [0.2, 0.25) is 12.2 Å². The number of ether oxygens (including phenoxy) is 3. The first-order valence-corrected chi connectivity index (χ1v) is 14.9. The molecule has 2 aliphatic heterocycles. The second kappa shape index (κ2) is 17.6. The number of nitrogens with zero attached hydrogens (tertiary/aromatic N) is 3. The molecule has 45 heavy (non-hydrogen) atoms. The minimum atomic E-state index is -1.21. The van der Waals surface area contributed by atoms with Crippen molar-refractivity contribution in [3.05, 3.63) is 41.5 Å². The van der Waals surface area contributed by atoms with Crippen LogP contribution in [0, 0.1) is 0 Å². The van der Waals surface area contributed by atoms with Crippen molar-refractivity contribution in [3.63, 3.8) is 0 Å². The van der Waals surface area contributed by atoms with Gasteiger partial charge >= 0.3 is 11.9 Å². The summed E-state index contributed by atoms with van der Waals surface area (Å²) in [5.41, 5.74) is 5.89. The number of carbonyl (C=O) groups is 5. The number of aliphatic hydroxyl groups is 1. The molecule has 1 aromatic rings. The lowest BCUT2D eigenvalue weighted by Gasteiger charge is -2.31. The van der Waals surface area contributed by atoms with Crippen LogP contribution in [0.4, 0.5) is 0 Å². The van der Waals surface area contributed by atoms with Crippen LogP contribution >= 0.6 is 0 Å². The van der Waals surface area contributed by atoms with Crippen molar-refractivity contribution in [2.75, 3.05) is 54.4 Å². The SMILES string of the molecule is CC(=O)OCc1ccc(CCCN(CCC[N+](C)(C)C)C(=O)CN2C(=O)C=CC2=O)cc1OC1CC(O)CC(C(=O)O)O1.CN. The Morgan fingerprint density at radius 1 is 1.07 bits per heavy atom. The number of carbonyl (C=O) groups excluding carboxylic acids is 4. The van der Waals surface area contributed by atoms with E-state index < -0.39 is 42.3 Å². The van der Waals surface area contributed by atoms with Gasteiger partial charge in [0.15, 0.2) is 6.10 Å². The summed E-state index contributed by atoms with van der Waals surface area (Å²) in [6, 6.07) is 5.33. The first kappa shape index (κ1) is 37.3. The molecular weight excluding hydrogens is 588 g/mol. The fraction of sp³-hybridized carbons (Fsp3) is 0.581. The van der Waals surface area contributed by atoms with Gasteiger partial charge in [-0.25, -0.2) is 4.79 Å². The fourth-order valence-electron chi connectivity index (χ4n) is 4.79. The molecule has 14 nitrogen and oxygen atoms in total. The maximum atomic E-state index is 13.1. The molecule has 1 fully saturated rings. The van der Waals surface area contributed by atoms with Gasteiger partial charge in [-0.2, -0.15) is 0 Å². The van der Waals surface area contributed by atoms with E-state index in [1.165, 1.54) is 14.0 Å². The van der Waals surface area contributed by atoms with Crippen molar-refractivity contribution in [2.24, 2.45) is 5.73 Å². The first-order chi connectivity index (χ1) is 21.2. The minimum Gasteiger partial charge on any atom is -0.479 e. The number of hydrogen-bond donors (Lipinski definition) is 3. The lowest BCUT2D eigenvalue weighted by atomic mass is 10.0. The van der Waals surface area contributed by atoms with Crippen LogP contribution in [0.1, 0.15) is 43.7 Å². The molecule has 0 spiro atoms. The van der Waals surface area contributed by atoms with Crippen LogP contribution in [0.2, 0.25) is 0 Å². The summed E-state index contributed by atoms with van der Waals surface area (Å²) in [5, 5.41) is 19.5. The van der Waals surface area contributed by atoms with E-state index in [2.05, 4.69) is 26.9 Å². The molecule has 2 aliphatic rings. The first-order valence-electron chi connectivity index (χ1n) is 14.9. The predicted molar refractivity (Wildman–Crippen MR) is 162 cm³/mol. The third-order valence-electron chi connectivity index (χ3n) is 7.06. The average molecular weight is 636 g/mol. The van der Waals surface area contributed by atoms with Crippen molar-refractivity contribution in [2.45, 2.75) is 64.1 Å². The maximum Gasteiger partial charge on any atom is 0.333 e. The molecule has 3 rings (SSSR count). The zero-order valence-corrected chi connectivity index (χ0v) is 26.8. The van der Waals surface area contributed by atoms with E-state index >= 15 is 0 Å². The molecule has 250 valence electrons. The van der Waals surface area contributed by atoms with Gasteiger partial charge in [-0.3, -0.25) is 24.1 Å². The quantitative estimate of drug-likeness (QED) is 0.138. The largest absolute Gasteiger partial charge is 0.479 e. The third kappa shape index (κ3) is 12.6. The van der Waals surface area contributed by atoms with Gasteiger partial charge < -0.3 is 39.5 Å². The Morgan fingerprint density at radius 3 is 2.31 bits per heavy atom. The minimum absolute atomic E-state index is 0.0455. The number of quaternary nitrogens is 1. The van der Waals surface area contributed by atoms with Gasteiger partial charge in [-0.15, -0.1) is 0 Å². The molecule has 3 atom stereocenters. The van der Waals surface area contributed by atoms with E-state index in [1.54, 1.807) is 17.0 Å². The van der Waals surface area contributed by atoms with Crippen LogP contribution in [-0.4, -0.2) is 127 Å². The summed E-state index contributed by atoms with van der Waals surface area (Å²) in [6.07, 6.45) is 1.04. The van der Waals surface area contributed by atoms with Gasteiger partial charge in [0.1, 0.15) is 18.9 Å². The normalized spacial score (nSPS) is 19.5. The lowest BCUT2D eigenvalue weighted by molar-refractivity contribution is -0.870. The summed E-state index contributed by atoms with van der Waals surface area (Å²) in [7, 11) is 7.68. The number of rotatable bonds is 15. The zero-order chi connectivity index (χ0) is 33.7. The Bertz CT molecular complexity index is 1210. The number of esters is 1. The topological polar surface area (TPSA) is 186 Å². The van der Waals surface area contributed by atoms with Gasteiger partial charge in [-0.1, -0.05) is 12.1 Å². The molecule has 14 heteroatoms. The molecule has 0 aromatic heterocycles. The zero-order valence-electron chi connectivity index (χ0n) is 26.8. The Morgan fingerprint density at radius 2 is 1.71 bits per heavy atom. The molecule has 0 radical (unpaired) electrons. The van der Waals surface area contributed by atoms with E-state index in [0.717, 1.165) is 40.1 Å². The summed E-state index contributed by atoms with van der Waals surface area (Å²) < 4.78 is 17.4. The number of nitrogens with two attached hydrogens (primary N) is 1. The number of benzene rings is 1. The Kier molecular flexibility index (Phi) is 14.6. The monoisotopic (exact) mass is 635 g/mol. The van der Waals surface area contributed by atoms with Crippen molar-refractivity contribution in [1.82, 2.24) is 9.80 Å². The standard InChI is InChI=1S/C30H41N3O10.CH5N/c1-20(34)41-19-22-9-8-21(15-24(22)42-29-17-23(35)16-25(43-29)30(39)40)7-5-12-31(13-6-14-33(2,3)4)28(38)18-32-26(36)10-11-27(32)37;1-2/h8-11,15,23,25,29,35H,5-7,12-14,16-19H2,1-4H3;2H2,1H3/p+1. The molecule has 1 saturated heterocycles. The smallest absolute Gasteiger partial charge is 0.333 e. The highest BCUT2D eigenvalue weighted by Gasteiger charge is 2.34. The van der Waals surface area contributed by atoms with Gasteiger partial charge in [0.25, 0.3) is 11.8 Å². The molecular formula is C31H47N4O10+. The highest BCUT2D eigenvalue weighted by atomic mass is 16.7. The molecule has 1 aromatic carbocycles. The highest BCUT2D eigenvalue weighted by molar-refractivity contribution is 6.14.